The van der Waals surface area contributed by atoms with Crippen LogP contribution in [0.25, 0.3) is 0 Å². The first-order valence-electron chi connectivity index (χ1n) is 9.11. The monoisotopic (exact) mass is 294 g/mol. The highest BCUT2D eigenvalue weighted by molar-refractivity contribution is 5.78. The van der Waals surface area contributed by atoms with Crippen molar-refractivity contribution in [1.29, 1.82) is 0 Å². The Labute approximate surface area is 130 Å². The summed E-state index contributed by atoms with van der Waals surface area (Å²) >= 11 is 0. The van der Waals surface area contributed by atoms with Gasteiger partial charge in [0.1, 0.15) is 0 Å². The van der Waals surface area contributed by atoms with Gasteiger partial charge in [-0.15, -0.1) is 0 Å². The van der Waals surface area contributed by atoms with Crippen LogP contribution in [0.4, 0.5) is 0 Å². The second kappa shape index (κ2) is 8.17. The third kappa shape index (κ3) is 5.28. The predicted molar refractivity (Wildman–Crippen MR) is 88.2 cm³/mol. The topological polar surface area (TPSA) is 41.1 Å². The third-order valence-electron chi connectivity index (χ3n) is 5.71. The molecule has 1 heterocycles. The fraction of sp³-hybridized carbons (Fsp3) is 0.944. The van der Waals surface area contributed by atoms with Gasteiger partial charge in [0.25, 0.3) is 0 Å². The molecule has 0 aromatic carbocycles. The van der Waals surface area contributed by atoms with Gasteiger partial charge in [-0.05, 0) is 50.1 Å². The molecular formula is C18H34N2O. The van der Waals surface area contributed by atoms with Crippen molar-refractivity contribution in [3.05, 3.63) is 0 Å². The highest BCUT2D eigenvalue weighted by Gasteiger charge is 2.29. The molecule has 2 aliphatic rings. The number of carbonyl (C=O) groups is 1. The van der Waals surface area contributed by atoms with Crippen LogP contribution in [0.5, 0.6) is 0 Å². The van der Waals surface area contributed by atoms with E-state index in [9.17, 15) is 4.79 Å². The number of hydrogen-bond donors (Lipinski definition) is 2. The summed E-state index contributed by atoms with van der Waals surface area (Å²) in [6.45, 7) is 7.52. The molecule has 2 fully saturated rings. The van der Waals surface area contributed by atoms with Gasteiger partial charge in [0.2, 0.25) is 5.91 Å². The first-order valence-corrected chi connectivity index (χ1v) is 9.11. The van der Waals surface area contributed by atoms with E-state index in [1.54, 1.807) is 0 Å². The summed E-state index contributed by atoms with van der Waals surface area (Å²) in [6, 6.07) is 0. The van der Waals surface area contributed by atoms with Crippen LogP contribution < -0.4 is 10.6 Å². The predicted octanol–water partition coefficient (Wildman–Crippen LogP) is 3.49. The molecule has 1 atom stereocenters. The van der Waals surface area contributed by atoms with Gasteiger partial charge in [-0.2, -0.15) is 0 Å². The lowest BCUT2D eigenvalue weighted by molar-refractivity contribution is -0.126. The zero-order chi connectivity index (χ0) is 15.1. The van der Waals surface area contributed by atoms with Crippen molar-refractivity contribution >= 4 is 5.91 Å². The first-order chi connectivity index (χ1) is 10.1. The molecule has 1 aliphatic carbocycles. The minimum atomic E-state index is 0.235. The quantitative estimate of drug-likeness (QED) is 0.787. The van der Waals surface area contributed by atoms with Gasteiger partial charge < -0.3 is 10.6 Å². The molecule has 0 radical (unpaired) electrons. The second-order valence-electron chi connectivity index (χ2n) is 7.62. The van der Waals surface area contributed by atoms with E-state index >= 15 is 0 Å². The van der Waals surface area contributed by atoms with Gasteiger partial charge in [-0.25, -0.2) is 0 Å². The molecule has 0 bridgehead atoms. The van der Waals surface area contributed by atoms with Gasteiger partial charge >= 0.3 is 0 Å². The van der Waals surface area contributed by atoms with E-state index in [0.717, 1.165) is 38.4 Å². The summed E-state index contributed by atoms with van der Waals surface area (Å²) in [6.07, 6.45) is 11.3. The number of hydrogen-bond acceptors (Lipinski definition) is 2. The minimum Gasteiger partial charge on any atom is -0.355 e. The van der Waals surface area contributed by atoms with Crippen molar-refractivity contribution in [2.24, 2.45) is 17.3 Å². The number of piperidine rings is 1. The minimum absolute atomic E-state index is 0.235. The van der Waals surface area contributed by atoms with Crippen LogP contribution in [0, 0.1) is 17.3 Å². The molecule has 0 spiro atoms. The number of nitrogens with one attached hydrogen (secondary N) is 2. The zero-order valence-corrected chi connectivity index (χ0v) is 14.0. The van der Waals surface area contributed by atoms with Crippen molar-refractivity contribution < 1.29 is 4.79 Å². The summed E-state index contributed by atoms with van der Waals surface area (Å²) in [4.78, 5) is 12.5. The van der Waals surface area contributed by atoms with Crippen molar-refractivity contribution in [2.45, 2.75) is 71.6 Å². The average Bonchev–Trinajstić information content (AvgIpc) is 2.52. The van der Waals surface area contributed by atoms with Crippen LogP contribution in [0.1, 0.15) is 71.6 Å². The van der Waals surface area contributed by atoms with Gasteiger partial charge in [-0.1, -0.05) is 46.0 Å². The fourth-order valence-corrected chi connectivity index (χ4v) is 3.94. The van der Waals surface area contributed by atoms with Gasteiger partial charge in [0.05, 0.1) is 0 Å². The van der Waals surface area contributed by atoms with Gasteiger partial charge in [0, 0.05) is 12.5 Å². The number of amides is 1. The molecule has 3 heteroatoms. The Kier molecular flexibility index (Phi) is 6.53. The normalized spacial score (nSPS) is 24.5. The van der Waals surface area contributed by atoms with Crippen LogP contribution >= 0.6 is 0 Å². The maximum atomic E-state index is 12.5. The standard InChI is InChI=1S/C18H34N2O/c1-3-16(13-15-7-5-4-6-8-15)17(21)20-14-18(2)9-11-19-12-10-18/h15-16,19H,3-14H2,1-2H3,(H,20,21). The van der Waals surface area contributed by atoms with Crippen LogP contribution in [-0.2, 0) is 4.79 Å². The third-order valence-corrected chi connectivity index (χ3v) is 5.71. The summed E-state index contributed by atoms with van der Waals surface area (Å²) in [5.74, 6) is 1.34. The Morgan fingerprint density at radius 2 is 1.90 bits per heavy atom. The van der Waals surface area contributed by atoms with Crippen LogP contribution in [0.3, 0.4) is 0 Å². The Hall–Kier alpha value is -0.570. The molecule has 2 N–H and O–H groups in total. The molecule has 21 heavy (non-hydrogen) atoms. The summed E-state index contributed by atoms with van der Waals surface area (Å²) < 4.78 is 0. The Morgan fingerprint density at radius 1 is 1.24 bits per heavy atom. The average molecular weight is 294 g/mol. The van der Waals surface area contributed by atoms with Crippen molar-refractivity contribution in [1.82, 2.24) is 10.6 Å². The molecular weight excluding hydrogens is 260 g/mol. The molecule has 0 aromatic heterocycles. The number of rotatable bonds is 6. The molecule has 1 amide bonds. The van der Waals surface area contributed by atoms with Crippen molar-refractivity contribution in [3.63, 3.8) is 0 Å². The Bertz CT molecular complexity index is 317. The van der Waals surface area contributed by atoms with E-state index < -0.39 is 0 Å². The highest BCUT2D eigenvalue weighted by Crippen LogP contribution is 2.31. The molecule has 1 saturated heterocycles. The molecule has 0 aromatic rings. The number of carbonyl (C=O) groups excluding carboxylic acids is 1. The van der Waals surface area contributed by atoms with E-state index in [4.69, 9.17) is 0 Å². The van der Waals surface area contributed by atoms with Crippen LogP contribution in [-0.4, -0.2) is 25.5 Å². The zero-order valence-electron chi connectivity index (χ0n) is 14.0. The van der Waals surface area contributed by atoms with E-state index in [2.05, 4.69) is 24.5 Å². The van der Waals surface area contributed by atoms with Gasteiger partial charge in [0.15, 0.2) is 0 Å². The highest BCUT2D eigenvalue weighted by atomic mass is 16.1. The van der Waals surface area contributed by atoms with E-state index in [1.165, 1.54) is 44.9 Å². The molecule has 1 saturated carbocycles. The fourth-order valence-electron chi connectivity index (χ4n) is 3.94. The Balaban J connectivity index is 1.76. The molecule has 2 rings (SSSR count). The van der Waals surface area contributed by atoms with Crippen molar-refractivity contribution in [3.8, 4) is 0 Å². The first kappa shape index (κ1) is 16.8. The SMILES string of the molecule is CCC(CC1CCCCC1)C(=O)NCC1(C)CCNCC1. The van der Waals surface area contributed by atoms with Crippen LogP contribution in [0.2, 0.25) is 0 Å². The maximum Gasteiger partial charge on any atom is 0.223 e. The largest absolute Gasteiger partial charge is 0.355 e. The van der Waals surface area contributed by atoms with E-state index in [0.29, 0.717) is 11.3 Å². The summed E-state index contributed by atoms with van der Waals surface area (Å²) in [5, 5.41) is 6.67. The smallest absolute Gasteiger partial charge is 0.223 e. The Morgan fingerprint density at radius 3 is 2.52 bits per heavy atom. The molecule has 1 aliphatic heterocycles. The van der Waals surface area contributed by atoms with Crippen LogP contribution in [0.15, 0.2) is 0 Å². The summed E-state index contributed by atoms with van der Waals surface area (Å²) in [7, 11) is 0. The van der Waals surface area contributed by atoms with E-state index in [-0.39, 0.29) is 5.92 Å². The molecule has 122 valence electrons. The maximum absolute atomic E-state index is 12.5. The molecule has 3 nitrogen and oxygen atoms in total. The van der Waals surface area contributed by atoms with Crippen molar-refractivity contribution in [2.75, 3.05) is 19.6 Å². The summed E-state index contributed by atoms with van der Waals surface area (Å²) in [5.41, 5.74) is 0.296. The van der Waals surface area contributed by atoms with Gasteiger partial charge in [-0.3, -0.25) is 4.79 Å². The lowest BCUT2D eigenvalue weighted by Gasteiger charge is -2.34. The lowest BCUT2D eigenvalue weighted by Crippen LogP contribution is -2.44. The molecule has 1 unspecified atom stereocenters. The van der Waals surface area contributed by atoms with E-state index in [1.807, 2.05) is 0 Å². The second-order valence-corrected chi connectivity index (χ2v) is 7.62. The lowest BCUT2D eigenvalue weighted by atomic mass is 9.80.